The van der Waals surface area contributed by atoms with E-state index in [1.165, 1.54) is 6.07 Å². The van der Waals surface area contributed by atoms with Crippen molar-refractivity contribution >= 4 is 36.5 Å². The molecule has 1 aromatic rings. The van der Waals surface area contributed by atoms with Crippen LogP contribution in [0.3, 0.4) is 0 Å². The third-order valence-electron chi connectivity index (χ3n) is 2.83. The van der Waals surface area contributed by atoms with Gasteiger partial charge in [-0.3, -0.25) is 0 Å². The van der Waals surface area contributed by atoms with E-state index in [2.05, 4.69) is 18.7 Å². The average Bonchev–Trinajstić information content (AvgIpc) is 2.36. The smallest absolute Gasteiger partial charge is 0.337 e. The zero-order valence-corrected chi connectivity index (χ0v) is 13.3. The first-order valence-electron chi connectivity index (χ1n) is 6.06. The summed E-state index contributed by atoms with van der Waals surface area (Å²) in [5, 5.41) is 8.94. The Morgan fingerprint density at radius 3 is 2.40 bits per heavy atom. The van der Waals surface area contributed by atoms with Gasteiger partial charge in [-0.2, -0.15) is 0 Å². The molecule has 0 amide bonds. The lowest BCUT2D eigenvalue weighted by Gasteiger charge is -2.18. The van der Waals surface area contributed by atoms with Crippen LogP contribution in [0.5, 0.6) is 5.75 Å². The van der Waals surface area contributed by atoms with Gasteiger partial charge >= 0.3 is 5.97 Å². The Hall–Kier alpha value is -1.17. The molecule has 0 saturated carbocycles. The number of carboxylic acid groups (broad SMARTS) is 1. The Morgan fingerprint density at radius 2 is 1.90 bits per heavy atom. The fourth-order valence-corrected chi connectivity index (χ4v) is 1.64. The number of likely N-dealkylation sites (N-methyl/N-ethyl adjacent to an activating group) is 1. The Labute approximate surface area is 131 Å². The summed E-state index contributed by atoms with van der Waals surface area (Å²) in [6, 6.07) is 4.69. The van der Waals surface area contributed by atoms with Crippen molar-refractivity contribution < 1.29 is 14.6 Å². The molecule has 7 heteroatoms. The van der Waals surface area contributed by atoms with Crippen molar-refractivity contribution in [1.82, 2.24) is 4.90 Å². The molecule has 0 spiro atoms. The number of nitrogen functional groups attached to an aromatic ring is 1. The molecule has 116 valence electrons. The summed E-state index contributed by atoms with van der Waals surface area (Å²) in [6.45, 7) is 7.49. The van der Waals surface area contributed by atoms with Gasteiger partial charge in [0.1, 0.15) is 12.4 Å². The lowest BCUT2D eigenvalue weighted by molar-refractivity contribution is 0.0697. The van der Waals surface area contributed by atoms with Gasteiger partial charge < -0.3 is 20.5 Å². The number of ether oxygens (including phenoxy) is 1. The van der Waals surface area contributed by atoms with Crippen molar-refractivity contribution in [1.29, 1.82) is 0 Å². The number of benzene rings is 1. The minimum Gasteiger partial charge on any atom is -0.492 e. The molecule has 0 aliphatic heterocycles. The lowest BCUT2D eigenvalue weighted by atomic mass is 10.2. The Morgan fingerprint density at radius 1 is 1.30 bits per heavy atom. The zero-order valence-electron chi connectivity index (χ0n) is 11.7. The highest BCUT2D eigenvalue weighted by Crippen LogP contribution is 2.19. The quantitative estimate of drug-likeness (QED) is 0.754. The van der Waals surface area contributed by atoms with Gasteiger partial charge in [0, 0.05) is 12.2 Å². The number of hydrogen-bond donors (Lipinski definition) is 2. The number of rotatable bonds is 7. The highest BCUT2D eigenvalue weighted by molar-refractivity contribution is 5.94. The van der Waals surface area contributed by atoms with Crippen molar-refractivity contribution in [3.63, 3.8) is 0 Å². The molecule has 0 aromatic heterocycles. The van der Waals surface area contributed by atoms with Gasteiger partial charge in [-0.15, -0.1) is 24.8 Å². The molecule has 0 aliphatic carbocycles. The summed E-state index contributed by atoms with van der Waals surface area (Å²) in [5.74, 6) is -0.504. The molecule has 0 fully saturated rings. The third kappa shape index (κ3) is 6.32. The van der Waals surface area contributed by atoms with Gasteiger partial charge in [-0.05, 0) is 31.3 Å². The van der Waals surface area contributed by atoms with Gasteiger partial charge in [-0.1, -0.05) is 13.8 Å². The second-order valence-electron chi connectivity index (χ2n) is 3.93. The maximum Gasteiger partial charge on any atom is 0.337 e. The summed E-state index contributed by atoms with van der Waals surface area (Å²) in [5.41, 5.74) is 5.89. The van der Waals surface area contributed by atoms with E-state index in [0.717, 1.165) is 19.6 Å². The number of anilines is 1. The average molecular weight is 325 g/mol. The molecule has 1 rings (SSSR count). The van der Waals surface area contributed by atoms with Crippen LogP contribution in [0.15, 0.2) is 18.2 Å². The highest BCUT2D eigenvalue weighted by atomic mass is 35.5. The van der Waals surface area contributed by atoms with Crippen LogP contribution in [0.1, 0.15) is 24.2 Å². The standard InChI is InChI=1S/C13H20N2O3.2ClH/c1-3-15(4-2)7-8-18-10-5-6-12(14)11(9-10)13(16)17;;/h5-6,9H,3-4,7-8,14H2,1-2H3,(H,16,17);2*1H. The van der Waals surface area contributed by atoms with Crippen LogP contribution in [0.4, 0.5) is 5.69 Å². The maximum atomic E-state index is 10.9. The molecule has 0 saturated heterocycles. The molecule has 0 bridgehead atoms. The molecule has 1 aromatic carbocycles. The predicted octanol–water partition coefficient (Wildman–Crippen LogP) is 2.53. The Kier molecular flexibility index (Phi) is 11.2. The van der Waals surface area contributed by atoms with Crippen LogP contribution >= 0.6 is 24.8 Å². The number of carboxylic acids is 1. The van der Waals surface area contributed by atoms with Crippen molar-refractivity contribution in [2.75, 3.05) is 32.0 Å². The SMILES string of the molecule is CCN(CC)CCOc1ccc(N)c(C(=O)O)c1.Cl.Cl. The second-order valence-corrected chi connectivity index (χ2v) is 3.93. The summed E-state index contributed by atoms with van der Waals surface area (Å²) in [7, 11) is 0. The second kappa shape index (κ2) is 10.6. The molecule has 0 heterocycles. The molecule has 5 nitrogen and oxygen atoms in total. The topological polar surface area (TPSA) is 75.8 Å². The Bertz CT molecular complexity index is 413. The predicted molar refractivity (Wildman–Crippen MR) is 85.6 cm³/mol. The van der Waals surface area contributed by atoms with E-state index in [-0.39, 0.29) is 36.1 Å². The summed E-state index contributed by atoms with van der Waals surface area (Å²) < 4.78 is 5.53. The van der Waals surface area contributed by atoms with Crippen LogP contribution in [-0.4, -0.2) is 42.2 Å². The number of carbonyl (C=O) groups is 1. The van der Waals surface area contributed by atoms with Crippen molar-refractivity contribution in [2.24, 2.45) is 0 Å². The van der Waals surface area contributed by atoms with E-state index < -0.39 is 5.97 Å². The van der Waals surface area contributed by atoms with Crippen LogP contribution in [-0.2, 0) is 0 Å². The van der Waals surface area contributed by atoms with E-state index in [4.69, 9.17) is 15.6 Å². The van der Waals surface area contributed by atoms with Gasteiger partial charge in [0.25, 0.3) is 0 Å². The van der Waals surface area contributed by atoms with E-state index in [0.29, 0.717) is 12.4 Å². The molecule has 0 atom stereocenters. The largest absolute Gasteiger partial charge is 0.492 e. The molecule has 20 heavy (non-hydrogen) atoms. The fraction of sp³-hybridized carbons (Fsp3) is 0.462. The highest BCUT2D eigenvalue weighted by Gasteiger charge is 2.09. The van der Waals surface area contributed by atoms with E-state index >= 15 is 0 Å². The summed E-state index contributed by atoms with van der Waals surface area (Å²) in [4.78, 5) is 13.1. The first-order valence-corrected chi connectivity index (χ1v) is 6.06. The number of nitrogens with two attached hydrogens (primary N) is 1. The van der Waals surface area contributed by atoms with Gasteiger partial charge in [0.2, 0.25) is 0 Å². The van der Waals surface area contributed by atoms with Gasteiger partial charge in [0.05, 0.1) is 5.56 Å². The minimum atomic E-state index is -1.04. The minimum absolute atomic E-state index is 0. The normalized spacial score (nSPS) is 9.55. The monoisotopic (exact) mass is 324 g/mol. The first-order chi connectivity index (χ1) is 8.58. The van der Waals surface area contributed by atoms with Gasteiger partial charge in [0.15, 0.2) is 0 Å². The molecule has 0 aliphatic rings. The lowest BCUT2D eigenvalue weighted by Crippen LogP contribution is -2.27. The van der Waals surface area contributed by atoms with E-state index in [1.807, 2.05) is 0 Å². The number of hydrogen-bond acceptors (Lipinski definition) is 4. The zero-order chi connectivity index (χ0) is 13.5. The Balaban J connectivity index is 0. The van der Waals surface area contributed by atoms with Gasteiger partial charge in [-0.25, -0.2) is 4.79 Å². The molecule has 0 unspecified atom stereocenters. The number of nitrogens with zero attached hydrogens (tertiary/aromatic N) is 1. The molecular weight excluding hydrogens is 303 g/mol. The van der Waals surface area contributed by atoms with E-state index in [1.54, 1.807) is 12.1 Å². The van der Waals surface area contributed by atoms with Crippen LogP contribution in [0.25, 0.3) is 0 Å². The van der Waals surface area contributed by atoms with Crippen molar-refractivity contribution in [3.8, 4) is 5.75 Å². The molecular formula is C13H22Cl2N2O3. The van der Waals surface area contributed by atoms with Crippen LogP contribution in [0.2, 0.25) is 0 Å². The van der Waals surface area contributed by atoms with Crippen LogP contribution in [0, 0.1) is 0 Å². The van der Waals surface area contributed by atoms with Crippen molar-refractivity contribution in [2.45, 2.75) is 13.8 Å². The first kappa shape index (κ1) is 21.1. The molecule has 0 radical (unpaired) electrons. The maximum absolute atomic E-state index is 10.9. The molecule has 3 N–H and O–H groups in total. The van der Waals surface area contributed by atoms with E-state index in [9.17, 15) is 4.79 Å². The van der Waals surface area contributed by atoms with Crippen molar-refractivity contribution in [3.05, 3.63) is 23.8 Å². The van der Waals surface area contributed by atoms with Crippen LogP contribution < -0.4 is 10.5 Å². The summed E-state index contributed by atoms with van der Waals surface area (Å²) in [6.07, 6.45) is 0. The third-order valence-corrected chi connectivity index (χ3v) is 2.83. The number of halogens is 2. The fourth-order valence-electron chi connectivity index (χ4n) is 1.64. The summed E-state index contributed by atoms with van der Waals surface area (Å²) >= 11 is 0. The number of aromatic carboxylic acids is 1.